The van der Waals surface area contributed by atoms with E-state index in [2.05, 4.69) is 5.32 Å². The number of aryl methyl sites for hydroxylation is 1. The topological polar surface area (TPSA) is 78.8 Å². The second-order valence-corrected chi connectivity index (χ2v) is 6.03. The predicted molar refractivity (Wildman–Crippen MR) is 101 cm³/mol. The van der Waals surface area contributed by atoms with Gasteiger partial charge in [0.05, 0.1) is 23.7 Å². The minimum absolute atomic E-state index is 0.0501. The third kappa shape index (κ3) is 2.87. The quantitative estimate of drug-likeness (QED) is 0.768. The molecule has 1 aliphatic heterocycles. The molecule has 0 bridgehead atoms. The van der Waals surface area contributed by atoms with Crippen LogP contribution in [0.5, 0.6) is 17.2 Å². The summed E-state index contributed by atoms with van der Waals surface area (Å²) in [6.07, 6.45) is 1.57. The van der Waals surface area contributed by atoms with Gasteiger partial charge >= 0.3 is 0 Å². The fraction of sp³-hybridized carbons (Fsp3) is 0.200. The van der Waals surface area contributed by atoms with Crippen molar-refractivity contribution in [1.82, 2.24) is 4.57 Å². The number of benzene rings is 2. The molecule has 138 valence electrons. The van der Waals surface area contributed by atoms with Crippen LogP contribution in [0.15, 0.2) is 47.4 Å². The molecule has 0 unspecified atom stereocenters. The van der Waals surface area contributed by atoms with Crippen molar-refractivity contribution in [2.45, 2.75) is 13.5 Å². The SMILES string of the molecule is CCn1cc(C(=O)Nc2ccccc2OC)c(=O)c2cc3c(cc21)OCO3. The second-order valence-electron chi connectivity index (χ2n) is 6.03. The maximum absolute atomic E-state index is 13.0. The average Bonchev–Trinajstić information content (AvgIpc) is 3.15. The lowest BCUT2D eigenvalue weighted by molar-refractivity contribution is 0.102. The largest absolute Gasteiger partial charge is 0.495 e. The molecule has 2 aromatic carbocycles. The van der Waals surface area contributed by atoms with Crippen LogP contribution in [0.4, 0.5) is 5.69 Å². The Bertz CT molecular complexity index is 1100. The number of hydrogen-bond acceptors (Lipinski definition) is 5. The van der Waals surface area contributed by atoms with Gasteiger partial charge in [0.1, 0.15) is 11.3 Å². The number of rotatable bonds is 4. The third-order valence-corrected chi connectivity index (χ3v) is 4.52. The lowest BCUT2D eigenvalue weighted by Gasteiger charge is -2.13. The number of para-hydroxylation sites is 2. The molecule has 1 aromatic heterocycles. The molecule has 0 radical (unpaired) electrons. The molecule has 0 aliphatic carbocycles. The van der Waals surface area contributed by atoms with E-state index in [1.54, 1.807) is 42.6 Å². The van der Waals surface area contributed by atoms with E-state index in [0.717, 1.165) is 0 Å². The zero-order valence-corrected chi connectivity index (χ0v) is 14.9. The van der Waals surface area contributed by atoms with Crippen molar-refractivity contribution in [2.24, 2.45) is 0 Å². The number of carbonyl (C=O) groups is 1. The smallest absolute Gasteiger partial charge is 0.261 e. The van der Waals surface area contributed by atoms with Gasteiger partial charge in [-0.3, -0.25) is 9.59 Å². The average molecular weight is 366 g/mol. The number of amides is 1. The van der Waals surface area contributed by atoms with Crippen LogP contribution in [0.1, 0.15) is 17.3 Å². The Morgan fingerprint density at radius 3 is 2.70 bits per heavy atom. The highest BCUT2D eigenvalue weighted by atomic mass is 16.7. The number of nitrogens with zero attached hydrogens (tertiary/aromatic N) is 1. The van der Waals surface area contributed by atoms with Gasteiger partial charge in [0.2, 0.25) is 12.2 Å². The van der Waals surface area contributed by atoms with Crippen molar-refractivity contribution < 1.29 is 19.0 Å². The first-order valence-corrected chi connectivity index (χ1v) is 8.53. The summed E-state index contributed by atoms with van der Waals surface area (Å²) >= 11 is 0. The Labute approximate surface area is 155 Å². The lowest BCUT2D eigenvalue weighted by Crippen LogP contribution is -2.24. The summed E-state index contributed by atoms with van der Waals surface area (Å²) < 4.78 is 17.9. The number of carbonyl (C=O) groups excluding carboxylic acids is 1. The standard InChI is InChI=1S/C20H18N2O5/c1-3-22-10-13(20(24)21-14-6-4-5-7-16(14)25-2)19(23)12-8-17-18(9-15(12)22)27-11-26-17/h4-10H,3,11H2,1-2H3,(H,21,24). The predicted octanol–water partition coefficient (Wildman–Crippen LogP) is 3.01. The Morgan fingerprint density at radius 1 is 1.22 bits per heavy atom. The minimum atomic E-state index is -0.494. The van der Waals surface area contributed by atoms with Crippen LogP contribution < -0.4 is 25.0 Å². The maximum Gasteiger partial charge on any atom is 0.261 e. The highest BCUT2D eigenvalue weighted by molar-refractivity contribution is 6.06. The molecule has 0 spiro atoms. The highest BCUT2D eigenvalue weighted by Gasteiger charge is 2.21. The molecule has 0 saturated carbocycles. The molecular formula is C20H18N2O5. The summed E-state index contributed by atoms with van der Waals surface area (Å²) in [6.45, 7) is 2.65. The molecule has 0 atom stereocenters. The van der Waals surface area contributed by atoms with Crippen molar-refractivity contribution in [3.63, 3.8) is 0 Å². The summed E-state index contributed by atoms with van der Waals surface area (Å²) in [5.74, 6) is 1.12. The van der Waals surface area contributed by atoms with E-state index >= 15 is 0 Å². The fourth-order valence-electron chi connectivity index (χ4n) is 3.14. The van der Waals surface area contributed by atoms with Gasteiger partial charge < -0.3 is 24.1 Å². The first kappa shape index (κ1) is 17.0. The van der Waals surface area contributed by atoms with Crippen molar-refractivity contribution in [2.75, 3.05) is 19.2 Å². The molecule has 0 fully saturated rings. The lowest BCUT2D eigenvalue weighted by atomic mass is 10.1. The number of methoxy groups -OCH3 is 1. The molecule has 1 amide bonds. The maximum atomic E-state index is 13.0. The van der Waals surface area contributed by atoms with Crippen LogP contribution in [0.25, 0.3) is 10.9 Å². The van der Waals surface area contributed by atoms with Crippen molar-refractivity contribution in [3.8, 4) is 17.2 Å². The monoisotopic (exact) mass is 366 g/mol. The van der Waals surface area contributed by atoms with Gasteiger partial charge in [0, 0.05) is 18.8 Å². The van der Waals surface area contributed by atoms with E-state index in [1.165, 1.54) is 7.11 Å². The molecule has 1 N–H and O–H groups in total. The van der Waals surface area contributed by atoms with Crippen LogP contribution in [-0.4, -0.2) is 24.4 Å². The molecule has 0 saturated heterocycles. The van der Waals surface area contributed by atoms with Crippen LogP contribution in [0.2, 0.25) is 0 Å². The zero-order valence-electron chi connectivity index (χ0n) is 14.9. The molecule has 1 aliphatic rings. The van der Waals surface area contributed by atoms with Crippen molar-refractivity contribution >= 4 is 22.5 Å². The molecule has 7 heteroatoms. The van der Waals surface area contributed by atoms with Crippen LogP contribution in [0, 0.1) is 0 Å². The van der Waals surface area contributed by atoms with Gasteiger partial charge in [-0.05, 0) is 25.1 Å². The number of ether oxygens (including phenoxy) is 3. The first-order chi connectivity index (χ1) is 13.1. The summed E-state index contributed by atoms with van der Waals surface area (Å²) in [4.78, 5) is 25.8. The molecular weight excluding hydrogens is 348 g/mol. The molecule has 4 rings (SSSR count). The normalized spacial score (nSPS) is 12.2. The first-order valence-electron chi connectivity index (χ1n) is 8.53. The van der Waals surface area contributed by atoms with Gasteiger partial charge in [0.25, 0.3) is 5.91 Å². The minimum Gasteiger partial charge on any atom is -0.495 e. The number of anilines is 1. The van der Waals surface area contributed by atoms with Crippen LogP contribution >= 0.6 is 0 Å². The molecule has 3 aromatic rings. The van der Waals surface area contributed by atoms with E-state index < -0.39 is 5.91 Å². The van der Waals surface area contributed by atoms with E-state index in [-0.39, 0.29) is 17.8 Å². The number of fused-ring (bicyclic) bond motifs is 2. The van der Waals surface area contributed by atoms with Gasteiger partial charge in [-0.1, -0.05) is 12.1 Å². The number of aromatic nitrogens is 1. The molecule has 27 heavy (non-hydrogen) atoms. The van der Waals surface area contributed by atoms with Gasteiger partial charge in [-0.2, -0.15) is 0 Å². The number of hydrogen-bond donors (Lipinski definition) is 1. The van der Waals surface area contributed by atoms with Gasteiger partial charge in [0.15, 0.2) is 11.5 Å². The Hall–Kier alpha value is -3.48. The van der Waals surface area contributed by atoms with Crippen molar-refractivity contribution in [1.29, 1.82) is 0 Å². The van der Waals surface area contributed by atoms with E-state index in [9.17, 15) is 9.59 Å². The van der Waals surface area contributed by atoms with Crippen molar-refractivity contribution in [3.05, 3.63) is 58.4 Å². The summed E-state index contributed by atoms with van der Waals surface area (Å²) in [7, 11) is 1.52. The number of nitrogens with one attached hydrogen (secondary N) is 1. The highest BCUT2D eigenvalue weighted by Crippen LogP contribution is 2.35. The Balaban J connectivity index is 1.82. The summed E-state index contributed by atoms with van der Waals surface area (Å²) in [5.41, 5.74) is 0.883. The van der Waals surface area contributed by atoms with E-state index in [1.807, 2.05) is 11.5 Å². The van der Waals surface area contributed by atoms with Crippen LogP contribution in [-0.2, 0) is 6.54 Å². The Morgan fingerprint density at radius 2 is 1.96 bits per heavy atom. The van der Waals surface area contributed by atoms with Gasteiger partial charge in [-0.15, -0.1) is 0 Å². The Kier molecular flexibility index (Phi) is 4.19. The zero-order chi connectivity index (χ0) is 19.0. The molecule has 7 nitrogen and oxygen atoms in total. The van der Waals surface area contributed by atoms with E-state index in [4.69, 9.17) is 14.2 Å². The van der Waals surface area contributed by atoms with Crippen LogP contribution in [0.3, 0.4) is 0 Å². The summed E-state index contributed by atoms with van der Waals surface area (Å²) in [6, 6.07) is 10.4. The summed E-state index contributed by atoms with van der Waals surface area (Å²) in [5, 5.41) is 3.16. The fourth-order valence-corrected chi connectivity index (χ4v) is 3.14. The van der Waals surface area contributed by atoms with Gasteiger partial charge in [-0.25, -0.2) is 0 Å². The third-order valence-electron chi connectivity index (χ3n) is 4.52. The molecule has 2 heterocycles. The van der Waals surface area contributed by atoms with E-state index in [0.29, 0.717) is 40.4 Å². The second kappa shape index (κ2) is 6.68. The number of pyridine rings is 1.